The SMILES string of the molecule is C=CC(C)(CCN1CCOCC1)C(=O)OCC. The lowest BCUT2D eigenvalue weighted by Crippen LogP contribution is -2.40. The molecule has 1 aliphatic heterocycles. The second kappa shape index (κ2) is 6.77. The maximum absolute atomic E-state index is 11.8. The topological polar surface area (TPSA) is 38.8 Å². The van der Waals surface area contributed by atoms with E-state index in [4.69, 9.17) is 9.47 Å². The van der Waals surface area contributed by atoms with E-state index in [1.165, 1.54) is 0 Å². The van der Waals surface area contributed by atoms with Gasteiger partial charge >= 0.3 is 5.97 Å². The smallest absolute Gasteiger partial charge is 0.315 e. The number of ether oxygens (including phenoxy) is 2. The van der Waals surface area contributed by atoms with Crippen LogP contribution in [0.15, 0.2) is 12.7 Å². The number of rotatable bonds is 6. The van der Waals surface area contributed by atoms with Crippen LogP contribution in [0.4, 0.5) is 0 Å². The number of carbonyl (C=O) groups is 1. The minimum absolute atomic E-state index is 0.178. The van der Waals surface area contributed by atoms with Crippen LogP contribution < -0.4 is 0 Å². The van der Waals surface area contributed by atoms with Gasteiger partial charge in [-0.1, -0.05) is 6.08 Å². The fraction of sp³-hybridized carbons (Fsp3) is 0.769. The number of hydrogen-bond acceptors (Lipinski definition) is 4. The largest absolute Gasteiger partial charge is 0.465 e. The first kappa shape index (κ1) is 14.2. The van der Waals surface area contributed by atoms with Crippen molar-refractivity contribution in [1.82, 2.24) is 4.90 Å². The highest BCUT2D eigenvalue weighted by Crippen LogP contribution is 2.25. The van der Waals surface area contributed by atoms with Crippen molar-refractivity contribution >= 4 is 5.97 Å². The number of carbonyl (C=O) groups excluding carboxylic acids is 1. The Morgan fingerprint density at radius 1 is 1.53 bits per heavy atom. The van der Waals surface area contributed by atoms with Crippen molar-refractivity contribution in [2.75, 3.05) is 39.5 Å². The Labute approximate surface area is 104 Å². The molecule has 0 amide bonds. The predicted molar refractivity (Wildman–Crippen MR) is 66.8 cm³/mol. The zero-order valence-corrected chi connectivity index (χ0v) is 10.9. The molecule has 0 radical (unpaired) electrons. The highest BCUT2D eigenvalue weighted by Gasteiger charge is 2.31. The van der Waals surface area contributed by atoms with Gasteiger partial charge in [0.1, 0.15) is 0 Å². The second-order valence-corrected chi connectivity index (χ2v) is 4.55. The lowest BCUT2D eigenvalue weighted by Gasteiger charge is -2.30. The third-order valence-corrected chi connectivity index (χ3v) is 3.24. The first-order chi connectivity index (χ1) is 8.12. The van der Waals surface area contributed by atoms with Crippen molar-refractivity contribution < 1.29 is 14.3 Å². The summed E-state index contributed by atoms with van der Waals surface area (Å²) in [5.41, 5.74) is -0.575. The quantitative estimate of drug-likeness (QED) is 0.521. The third-order valence-electron chi connectivity index (χ3n) is 3.24. The second-order valence-electron chi connectivity index (χ2n) is 4.55. The lowest BCUT2D eigenvalue weighted by atomic mass is 9.87. The van der Waals surface area contributed by atoms with E-state index < -0.39 is 5.41 Å². The number of nitrogens with zero attached hydrogens (tertiary/aromatic N) is 1. The summed E-state index contributed by atoms with van der Waals surface area (Å²) >= 11 is 0. The summed E-state index contributed by atoms with van der Waals surface area (Å²) in [4.78, 5) is 14.1. The molecular formula is C13H23NO3. The molecule has 1 saturated heterocycles. The first-order valence-corrected chi connectivity index (χ1v) is 6.23. The van der Waals surface area contributed by atoms with Gasteiger partial charge < -0.3 is 9.47 Å². The zero-order chi connectivity index (χ0) is 12.7. The molecule has 1 atom stereocenters. The number of morpholine rings is 1. The maximum atomic E-state index is 11.8. The van der Waals surface area contributed by atoms with Gasteiger partial charge in [-0.05, 0) is 26.8 Å². The van der Waals surface area contributed by atoms with Gasteiger partial charge in [-0.25, -0.2) is 0 Å². The predicted octanol–water partition coefficient (Wildman–Crippen LogP) is 1.46. The van der Waals surface area contributed by atoms with Crippen LogP contribution in [0.3, 0.4) is 0 Å². The molecular weight excluding hydrogens is 218 g/mol. The van der Waals surface area contributed by atoms with Crippen molar-refractivity contribution in [2.45, 2.75) is 20.3 Å². The molecule has 1 heterocycles. The van der Waals surface area contributed by atoms with E-state index in [0.29, 0.717) is 6.61 Å². The lowest BCUT2D eigenvalue weighted by molar-refractivity contribution is -0.152. The van der Waals surface area contributed by atoms with Crippen LogP contribution in [0.2, 0.25) is 0 Å². The Kier molecular flexibility index (Phi) is 5.65. The van der Waals surface area contributed by atoms with Crippen molar-refractivity contribution in [3.8, 4) is 0 Å². The van der Waals surface area contributed by atoms with E-state index in [2.05, 4.69) is 11.5 Å². The van der Waals surface area contributed by atoms with E-state index in [-0.39, 0.29) is 5.97 Å². The molecule has 0 saturated carbocycles. The average Bonchev–Trinajstić information content (AvgIpc) is 2.37. The highest BCUT2D eigenvalue weighted by molar-refractivity contribution is 5.78. The summed E-state index contributed by atoms with van der Waals surface area (Å²) < 4.78 is 10.4. The summed E-state index contributed by atoms with van der Waals surface area (Å²) in [5.74, 6) is -0.178. The molecule has 0 aromatic heterocycles. The molecule has 4 heteroatoms. The minimum Gasteiger partial charge on any atom is -0.465 e. The summed E-state index contributed by atoms with van der Waals surface area (Å²) in [7, 11) is 0. The Hall–Kier alpha value is -0.870. The Balaban J connectivity index is 2.44. The summed E-state index contributed by atoms with van der Waals surface area (Å²) in [6.45, 7) is 12.2. The minimum atomic E-state index is -0.575. The molecule has 98 valence electrons. The molecule has 17 heavy (non-hydrogen) atoms. The van der Waals surface area contributed by atoms with E-state index in [1.54, 1.807) is 6.08 Å². The van der Waals surface area contributed by atoms with Gasteiger partial charge in [0, 0.05) is 13.1 Å². The van der Waals surface area contributed by atoms with Crippen LogP contribution >= 0.6 is 0 Å². The number of hydrogen-bond donors (Lipinski definition) is 0. The standard InChI is InChI=1S/C13H23NO3/c1-4-13(3,12(15)17-5-2)6-7-14-8-10-16-11-9-14/h4H,1,5-11H2,2-3H3. The van der Waals surface area contributed by atoms with Crippen molar-refractivity contribution in [3.63, 3.8) is 0 Å². The normalized spacial score (nSPS) is 20.6. The molecule has 0 aromatic rings. The Morgan fingerprint density at radius 3 is 2.71 bits per heavy atom. The van der Waals surface area contributed by atoms with E-state index in [0.717, 1.165) is 39.3 Å². The molecule has 1 unspecified atom stereocenters. The average molecular weight is 241 g/mol. The molecule has 1 aliphatic rings. The Morgan fingerprint density at radius 2 is 2.18 bits per heavy atom. The summed E-state index contributed by atoms with van der Waals surface area (Å²) in [6.07, 6.45) is 2.45. The van der Waals surface area contributed by atoms with Gasteiger partial charge in [-0.3, -0.25) is 9.69 Å². The van der Waals surface area contributed by atoms with Crippen LogP contribution in [0.5, 0.6) is 0 Å². The van der Waals surface area contributed by atoms with Gasteiger partial charge in [0.25, 0.3) is 0 Å². The monoisotopic (exact) mass is 241 g/mol. The maximum Gasteiger partial charge on any atom is 0.315 e. The van der Waals surface area contributed by atoms with Crippen LogP contribution in [-0.4, -0.2) is 50.3 Å². The number of esters is 1. The van der Waals surface area contributed by atoms with Gasteiger partial charge in [-0.2, -0.15) is 0 Å². The van der Waals surface area contributed by atoms with Gasteiger partial charge in [0.15, 0.2) is 0 Å². The van der Waals surface area contributed by atoms with Crippen LogP contribution in [0, 0.1) is 5.41 Å². The van der Waals surface area contributed by atoms with Crippen LogP contribution in [0.1, 0.15) is 20.3 Å². The molecule has 0 aromatic carbocycles. The van der Waals surface area contributed by atoms with Gasteiger partial charge in [0.05, 0.1) is 25.2 Å². The molecule has 4 nitrogen and oxygen atoms in total. The fourth-order valence-corrected chi connectivity index (χ4v) is 1.80. The molecule has 0 bridgehead atoms. The molecule has 0 spiro atoms. The van der Waals surface area contributed by atoms with E-state index in [1.807, 2.05) is 13.8 Å². The van der Waals surface area contributed by atoms with Crippen molar-refractivity contribution in [2.24, 2.45) is 5.41 Å². The highest BCUT2D eigenvalue weighted by atomic mass is 16.5. The van der Waals surface area contributed by atoms with E-state index >= 15 is 0 Å². The molecule has 0 N–H and O–H groups in total. The van der Waals surface area contributed by atoms with Crippen LogP contribution in [0.25, 0.3) is 0 Å². The first-order valence-electron chi connectivity index (χ1n) is 6.23. The molecule has 1 fully saturated rings. The van der Waals surface area contributed by atoms with Gasteiger partial charge in [-0.15, -0.1) is 6.58 Å². The van der Waals surface area contributed by atoms with Gasteiger partial charge in [0.2, 0.25) is 0 Å². The molecule has 1 rings (SSSR count). The summed E-state index contributed by atoms with van der Waals surface area (Å²) in [5, 5.41) is 0. The fourth-order valence-electron chi connectivity index (χ4n) is 1.80. The zero-order valence-electron chi connectivity index (χ0n) is 10.9. The van der Waals surface area contributed by atoms with Crippen LogP contribution in [-0.2, 0) is 14.3 Å². The van der Waals surface area contributed by atoms with Crippen molar-refractivity contribution in [1.29, 1.82) is 0 Å². The third kappa shape index (κ3) is 4.13. The molecule has 0 aliphatic carbocycles. The Bertz CT molecular complexity index is 261. The van der Waals surface area contributed by atoms with E-state index in [9.17, 15) is 4.79 Å². The summed E-state index contributed by atoms with van der Waals surface area (Å²) in [6, 6.07) is 0. The van der Waals surface area contributed by atoms with Crippen molar-refractivity contribution in [3.05, 3.63) is 12.7 Å².